The second kappa shape index (κ2) is 11.9. The van der Waals surface area contributed by atoms with Crippen LogP contribution in [0.15, 0.2) is 58.2 Å². The Labute approximate surface area is 220 Å². The Morgan fingerprint density at radius 3 is 2.34 bits per heavy atom. The van der Waals surface area contributed by atoms with Gasteiger partial charge >= 0.3 is 0 Å². The molecule has 2 aromatic carbocycles. The van der Waals surface area contributed by atoms with Crippen LogP contribution in [0.5, 0.6) is 0 Å². The number of anilines is 1. The molecule has 0 radical (unpaired) electrons. The Morgan fingerprint density at radius 1 is 1.08 bits per heavy atom. The summed E-state index contributed by atoms with van der Waals surface area (Å²) in [6.45, 7) is 3.70. The van der Waals surface area contributed by atoms with Crippen molar-refractivity contribution in [1.82, 2.24) is 20.5 Å². The molecular formula is C23H20ClF2N5O6S. The molecule has 0 saturated carbocycles. The number of carbonyl (C=O) groups excluding carboxylic acids is 2. The van der Waals surface area contributed by atoms with E-state index in [2.05, 4.69) is 25.8 Å². The number of nitrogens with zero attached hydrogens (tertiary/aromatic N) is 2. The molecule has 0 fully saturated rings. The highest BCUT2D eigenvalue weighted by molar-refractivity contribution is 7.85. The van der Waals surface area contributed by atoms with Crippen LogP contribution in [0.2, 0.25) is 5.02 Å². The zero-order chi connectivity index (χ0) is 28.0. The van der Waals surface area contributed by atoms with Gasteiger partial charge in [-0.3, -0.25) is 19.2 Å². The van der Waals surface area contributed by atoms with E-state index in [1.807, 2.05) is 6.92 Å². The predicted molar refractivity (Wildman–Crippen MR) is 131 cm³/mol. The second-order valence-corrected chi connectivity index (χ2v) is 9.53. The number of amides is 2. The lowest BCUT2D eigenvalue weighted by molar-refractivity contribution is 0.0942. The van der Waals surface area contributed by atoms with Crippen molar-refractivity contribution in [2.45, 2.75) is 25.3 Å². The van der Waals surface area contributed by atoms with Gasteiger partial charge in [0.1, 0.15) is 11.5 Å². The zero-order valence-electron chi connectivity index (χ0n) is 19.8. The SMILES string of the molecule is Cc1ccc(S(=O)(=O)O)cc1.Cc1ncoc1CNC(=O)c1cc(NC(=O)c2cc(F)c(F)cc2Cl)n[nH]1. The van der Waals surface area contributed by atoms with Crippen LogP contribution in [-0.2, 0) is 16.7 Å². The van der Waals surface area contributed by atoms with E-state index in [9.17, 15) is 26.8 Å². The fourth-order valence-electron chi connectivity index (χ4n) is 2.84. The lowest BCUT2D eigenvalue weighted by Crippen LogP contribution is -2.23. The van der Waals surface area contributed by atoms with Crippen molar-refractivity contribution < 1.29 is 35.8 Å². The van der Waals surface area contributed by atoms with Crippen molar-refractivity contribution in [2.24, 2.45) is 0 Å². The number of aromatic nitrogens is 3. The number of nitrogens with one attached hydrogen (secondary N) is 3. The molecule has 0 unspecified atom stereocenters. The van der Waals surface area contributed by atoms with Crippen LogP contribution in [-0.4, -0.2) is 40.0 Å². The van der Waals surface area contributed by atoms with Gasteiger partial charge in [-0.1, -0.05) is 29.3 Å². The van der Waals surface area contributed by atoms with Crippen LogP contribution in [0.3, 0.4) is 0 Å². The third kappa shape index (κ3) is 7.44. The first kappa shape index (κ1) is 28.4. The van der Waals surface area contributed by atoms with Crippen molar-refractivity contribution in [3.05, 3.63) is 93.8 Å². The molecule has 2 heterocycles. The van der Waals surface area contributed by atoms with E-state index < -0.39 is 33.6 Å². The molecule has 0 aliphatic rings. The Bertz CT molecular complexity index is 1570. The molecule has 4 rings (SSSR count). The molecule has 15 heteroatoms. The number of H-pyrrole nitrogens is 1. The first-order valence-electron chi connectivity index (χ1n) is 10.6. The van der Waals surface area contributed by atoms with Gasteiger partial charge in [-0.05, 0) is 38.1 Å². The number of aromatic amines is 1. The summed E-state index contributed by atoms with van der Waals surface area (Å²) in [7, 11) is -4.02. The predicted octanol–water partition coefficient (Wildman–Crippen LogP) is 4.06. The molecule has 2 aromatic heterocycles. The molecule has 0 aliphatic carbocycles. The van der Waals surface area contributed by atoms with Crippen LogP contribution in [0.25, 0.3) is 0 Å². The molecule has 0 saturated heterocycles. The summed E-state index contributed by atoms with van der Waals surface area (Å²) in [4.78, 5) is 28.1. The maximum atomic E-state index is 13.3. The van der Waals surface area contributed by atoms with E-state index in [1.165, 1.54) is 24.6 Å². The Hall–Kier alpha value is -4.14. The van der Waals surface area contributed by atoms with Crippen molar-refractivity contribution in [1.29, 1.82) is 0 Å². The third-order valence-electron chi connectivity index (χ3n) is 4.89. The Kier molecular flexibility index (Phi) is 8.93. The van der Waals surface area contributed by atoms with E-state index in [0.29, 0.717) is 23.6 Å². The van der Waals surface area contributed by atoms with Crippen molar-refractivity contribution in [3.63, 3.8) is 0 Å². The van der Waals surface area contributed by atoms with Crippen LogP contribution < -0.4 is 10.6 Å². The minimum atomic E-state index is -4.02. The maximum Gasteiger partial charge on any atom is 0.294 e. The number of hydrogen-bond donors (Lipinski definition) is 4. The topological polar surface area (TPSA) is 167 Å². The zero-order valence-corrected chi connectivity index (χ0v) is 21.3. The van der Waals surface area contributed by atoms with Crippen LogP contribution in [0.1, 0.15) is 37.9 Å². The Balaban J connectivity index is 0.000000304. The Morgan fingerprint density at radius 2 is 1.74 bits per heavy atom. The molecule has 0 spiro atoms. The van der Waals surface area contributed by atoms with Gasteiger partial charge in [0.2, 0.25) is 0 Å². The molecule has 4 N–H and O–H groups in total. The summed E-state index contributed by atoms with van der Waals surface area (Å²) in [6.07, 6.45) is 1.27. The summed E-state index contributed by atoms with van der Waals surface area (Å²) in [6, 6.07) is 8.63. The summed E-state index contributed by atoms with van der Waals surface area (Å²) in [5, 5.41) is 10.9. The number of hydrogen-bond acceptors (Lipinski definition) is 7. The number of rotatable bonds is 6. The van der Waals surface area contributed by atoms with Crippen LogP contribution >= 0.6 is 11.6 Å². The van der Waals surface area contributed by atoms with E-state index in [1.54, 1.807) is 19.1 Å². The molecule has 4 aromatic rings. The number of aryl methyl sites for hydroxylation is 2. The van der Waals surface area contributed by atoms with Gasteiger partial charge in [-0.15, -0.1) is 0 Å². The van der Waals surface area contributed by atoms with Gasteiger partial charge in [-0.25, -0.2) is 13.8 Å². The summed E-state index contributed by atoms with van der Waals surface area (Å²) < 4.78 is 61.0. The maximum absolute atomic E-state index is 13.3. The number of benzene rings is 2. The molecule has 2 amide bonds. The van der Waals surface area contributed by atoms with Crippen molar-refractivity contribution in [2.75, 3.05) is 5.32 Å². The third-order valence-corrected chi connectivity index (χ3v) is 6.07. The monoisotopic (exact) mass is 567 g/mol. The van der Waals surface area contributed by atoms with Gasteiger partial charge in [-0.2, -0.15) is 13.5 Å². The van der Waals surface area contributed by atoms with Gasteiger partial charge in [0, 0.05) is 6.07 Å². The average molecular weight is 568 g/mol. The summed E-state index contributed by atoms with van der Waals surface area (Å²) in [5.41, 5.74) is 1.40. The second-order valence-electron chi connectivity index (χ2n) is 7.70. The minimum absolute atomic E-state index is 0.00166. The lowest BCUT2D eigenvalue weighted by atomic mass is 10.2. The highest BCUT2D eigenvalue weighted by Gasteiger charge is 2.18. The van der Waals surface area contributed by atoms with Gasteiger partial charge in [0.05, 0.1) is 27.7 Å². The average Bonchev–Trinajstić information content (AvgIpc) is 3.48. The van der Waals surface area contributed by atoms with Gasteiger partial charge in [0.15, 0.2) is 23.8 Å². The summed E-state index contributed by atoms with van der Waals surface area (Å²) in [5.74, 6) is -3.18. The van der Waals surface area contributed by atoms with Crippen LogP contribution in [0, 0.1) is 25.5 Å². The fraction of sp³-hybridized carbons (Fsp3) is 0.130. The molecule has 11 nitrogen and oxygen atoms in total. The standard InChI is InChI=1S/C16H12ClF2N5O3.C7H8O3S/c1-7-13(27-6-21-7)5-20-16(26)12-4-14(24-23-12)22-15(25)8-2-10(18)11(19)3-9(8)17;1-6-2-4-7(5-3-6)11(8,9)10/h2-4,6H,5H2,1H3,(H,20,26)(H2,22,23,24,25);2-5H,1H3,(H,8,9,10). The molecule has 0 atom stereocenters. The van der Waals surface area contributed by atoms with Crippen molar-refractivity contribution in [3.8, 4) is 0 Å². The molecule has 0 bridgehead atoms. The highest BCUT2D eigenvalue weighted by atomic mass is 35.5. The molecule has 200 valence electrons. The number of oxazole rings is 1. The van der Waals surface area contributed by atoms with E-state index in [-0.39, 0.29) is 33.5 Å². The highest BCUT2D eigenvalue weighted by Crippen LogP contribution is 2.21. The first-order chi connectivity index (χ1) is 17.8. The van der Waals surface area contributed by atoms with Crippen LogP contribution in [0.4, 0.5) is 14.6 Å². The molecule has 38 heavy (non-hydrogen) atoms. The van der Waals surface area contributed by atoms with Crippen molar-refractivity contribution >= 4 is 39.4 Å². The van der Waals surface area contributed by atoms with E-state index in [0.717, 1.165) is 5.56 Å². The normalized spacial score (nSPS) is 10.9. The number of carbonyl (C=O) groups is 2. The summed E-state index contributed by atoms with van der Waals surface area (Å²) >= 11 is 5.75. The first-order valence-corrected chi connectivity index (χ1v) is 12.4. The van der Waals surface area contributed by atoms with E-state index in [4.69, 9.17) is 20.6 Å². The smallest absolute Gasteiger partial charge is 0.294 e. The lowest BCUT2D eigenvalue weighted by Gasteiger charge is -2.05. The minimum Gasteiger partial charge on any atom is -0.446 e. The largest absolute Gasteiger partial charge is 0.446 e. The number of halogens is 3. The van der Waals surface area contributed by atoms with Gasteiger partial charge in [0.25, 0.3) is 21.9 Å². The molecule has 0 aliphatic heterocycles. The van der Waals surface area contributed by atoms with Gasteiger partial charge < -0.3 is 15.1 Å². The quantitative estimate of drug-likeness (QED) is 0.200. The van der Waals surface area contributed by atoms with E-state index >= 15 is 0 Å². The molecular weight excluding hydrogens is 548 g/mol. The fourth-order valence-corrected chi connectivity index (χ4v) is 3.56.